The lowest BCUT2D eigenvalue weighted by Gasteiger charge is -2.42. The Hall–Kier alpha value is -3.61. The van der Waals surface area contributed by atoms with Crippen LogP contribution in [0.2, 0.25) is 0 Å². The van der Waals surface area contributed by atoms with Crippen LogP contribution in [0.5, 0.6) is 0 Å². The summed E-state index contributed by atoms with van der Waals surface area (Å²) in [6.45, 7) is 2.99. The Morgan fingerprint density at radius 1 is 1.00 bits per heavy atom. The number of amides is 2. The molecule has 0 spiro atoms. The summed E-state index contributed by atoms with van der Waals surface area (Å²) in [7, 11) is -4.07. The summed E-state index contributed by atoms with van der Waals surface area (Å²) < 4.78 is 30.4. The van der Waals surface area contributed by atoms with E-state index in [1.54, 1.807) is 11.0 Å². The summed E-state index contributed by atoms with van der Waals surface area (Å²) >= 11 is 0. The fourth-order valence-corrected chi connectivity index (χ4v) is 7.60. The van der Waals surface area contributed by atoms with Crippen LogP contribution in [0.1, 0.15) is 31.4 Å². The molecule has 0 aliphatic carbocycles. The normalized spacial score (nSPS) is 18.3. The number of nitriles is 1. The van der Waals surface area contributed by atoms with Crippen LogP contribution in [-0.2, 0) is 24.6 Å². The van der Waals surface area contributed by atoms with Gasteiger partial charge in [0.1, 0.15) is 6.54 Å². The smallest absolute Gasteiger partial charge is 0.317 e. The zero-order chi connectivity index (χ0) is 31.0. The minimum Gasteiger partial charge on any atom is -0.480 e. The average Bonchev–Trinajstić information content (AvgIpc) is 3.01. The quantitative estimate of drug-likeness (QED) is 0.287. The Labute approximate surface area is 252 Å². The van der Waals surface area contributed by atoms with Gasteiger partial charge in [0, 0.05) is 51.4 Å². The number of carboxylic acid groups (broad SMARTS) is 1. The number of piperazine rings is 1. The van der Waals surface area contributed by atoms with E-state index in [0.717, 1.165) is 5.39 Å². The van der Waals surface area contributed by atoms with Gasteiger partial charge in [0.25, 0.3) is 10.2 Å². The minimum atomic E-state index is -4.07. The minimum absolute atomic E-state index is 0.106. The zero-order valence-corrected chi connectivity index (χ0v) is 25.1. The van der Waals surface area contributed by atoms with Crippen LogP contribution in [0.25, 0.3) is 10.8 Å². The molecule has 2 fully saturated rings. The van der Waals surface area contributed by atoms with Crippen molar-refractivity contribution in [3.05, 3.63) is 48.0 Å². The van der Waals surface area contributed by atoms with Crippen LogP contribution in [-0.4, -0.2) is 121 Å². The van der Waals surface area contributed by atoms with Gasteiger partial charge in [0.05, 0.1) is 25.7 Å². The molecule has 2 aromatic rings. The highest BCUT2D eigenvalue weighted by Gasteiger charge is 2.39. The van der Waals surface area contributed by atoms with E-state index in [4.69, 9.17) is 10.4 Å². The topological polar surface area (TPSA) is 166 Å². The molecule has 3 N–H and O–H groups in total. The van der Waals surface area contributed by atoms with Gasteiger partial charge in [-0.15, -0.1) is 0 Å². The van der Waals surface area contributed by atoms with Crippen molar-refractivity contribution in [3.8, 4) is 6.07 Å². The highest BCUT2D eigenvalue weighted by molar-refractivity contribution is 7.86. The Morgan fingerprint density at radius 2 is 1.67 bits per heavy atom. The Bertz CT molecular complexity index is 1440. The van der Waals surface area contributed by atoms with E-state index in [1.165, 1.54) is 19.6 Å². The van der Waals surface area contributed by atoms with Gasteiger partial charge < -0.3 is 15.7 Å². The van der Waals surface area contributed by atoms with Crippen LogP contribution >= 0.6 is 0 Å². The number of fused-ring (bicyclic) bond motifs is 1. The Morgan fingerprint density at radius 3 is 2.35 bits per heavy atom. The predicted molar refractivity (Wildman–Crippen MR) is 160 cm³/mol. The average molecular weight is 614 g/mol. The summed E-state index contributed by atoms with van der Waals surface area (Å²) in [5, 5.41) is 24.9. The molecule has 1 atom stereocenters. The number of aliphatic carboxylic acids is 1. The predicted octanol–water partition coefficient (Wildman–Crippen LogP) is 0.370. The van der Waals surface area contributed by atoms with Crippen molar-refractivity contribution >= 4 is 38.8 Å². The van der Waals surface area contributed by atoms with E-state index >= 15 is 0 Å². The van der Waals surface area contributed by atoms with Crippen LogP contribution in [0.4, 0.5) is 0 Å². The van der Waals surface area contributed by atoms with Crippen LogP contribution < -0.4 is 10.6 Å². The number of piperidine rings is 1. The first-order valence-electron chi connectivity index (χ1n) is 14.4. The van der Waals surface area contributed by atoms with Crippen molar-refractivity contribution in [1.82, 2.24) is 29.0 Å². The van der Waals surface area contributed by atoms with Crippen molar-refractivity contribution in [1.29, 1.82) is 5.26 Å². The Kier molecular flexibility index (Phi) is 11.1. The Balaban J connectivity index is 1.46. The molecule has 2 saturated heterocycles. The fraction of sp³-hybridized carbons (Fsp3) is 0.517. The third-order valence-electron chi connectivity index (χ3n) is 8.15. The molecule has 14 heteroatoms. The van der Waals surface area contributed by atoms with Crippen molar-refractivity contribution in [2.75, 3.05) is 65.4 Å². The van der Waals surface area contributed by atoms with Crippen molar-refractivity contribution < 1.29 is 27.9 Å². The highest BCUT2D eigenvalue weighted by Crippen LogP contribution is 2.31. The second kappa shape index (κ2) is 14.7. The zero-order valence-electron chi connectivity index (χ0n) is 24.3. The number of nitrogens with zero attached hydrogens (tertiary/aromatic N) is 5. The standard InChI is InChI=1S/C29H39N7O6S/c1-22(25-8-4-6-23-5-2-3-7-26(23)25)34-13-9-24(10-14-34)36(20-28(38)32-19-27(37)31-12-11-30)43(41,42)35-17-15-33(16-18-35)21-29(39)40/h2-8,22,24H,9-10,12-21H2,1H3,(H,31,37)(H,32,38)(H,39,40). The molecule has 232 valence electrons. The molecule has 2 aromatic carbocycles. The first kappa shape index (κ1) is 32.3. The van der Waals surface area contributed by atoms with E-state index in [-0.39, 0.29) is 51.9 Å². The number of hydrogen-bond donors (Lipinski definition) is 3. The number of likely N-dealkylation sites (tertiary alicyclic amines) is 1. The third kappa shape index (κ3) is 8.27. The molecule has 2 aliphatic rings. The van der Waals surface area contributed by atoms with E-state index in [9.17, 15) is 22.8 Å². The third-order valence-corrected chi connectivity index (χ3v) is 10.2. The maximum Gasteiger partial charge on any atom is 0.317 e. The number of benzene rings is 2. The van der Waals surface area contributed by atoms with Gasteiger partial charge in [-0.2, -0.15) is 22.3 Å². The van der Waals surface area contributed by atoms with Crippen LogP contribution in [0.3, 0.4) is 0 Å². The molecule has 1 unspecified atom stereocenters. The van der Waals surface area contributed by atoms with E-state index in [1.807, 2.05) is 18.2 Å². The first-order valence-corrected chi connectivity index (χ1v) is 15.8. The van der Waals surface area contributed by atoms with E-state index < -0.39 is 40.6 Å². The monoisotopic (exact) mass is 613 g/mol. The number of carbonyl (C=O) groups is 3. The maximum absolute atomic E-state index is 13.9. The van der Waals surface area contributed by atoms with Crippen LogP contribution in [0, 0.1) is 11.3 Å². The molecule has 0 bridgehead atoms. The maximum atomic E-state index is 13.9. The number of carbonyl (C=O) groups excluding carboxylic acids is 2. The van der Waals surface area contributed by atoms with Crippen LogP contribution in [0.15, 0.2) is 42.5 Å². The second-order valence-corrected chi connectivity index (χ2v) is 12.7. The molecule has 0 aromatic heterocycles. The number of hydrogen-bond acceptors (Lipinski definition) is 8. The molecule has 0 saturated carbocycles. The summed E-state index contributed by atoms with van der Waals surface area (Å²) in [4.78, 5) is 39.9. The molecule has 2 heterocycles. The van der Waals surface area contributed by atoms with E-state index in [0.29, 0.717) is 25.9 Å². The summed E-state index contributed by atoms with van der Waals surface area (Å²) in [6.07, 6.45) is 1.03. The highest BCUT2D eigenvalue weighted by atomic mass is 32.2. The van der Waals surface area contributed by atoms with Crippen molar-refractivity contribution in [3.63, 3.8) is 0 Å². The largest absolute Gasteiger partial charge is 0.480 e. The molecule has 0 radical (unpaired) electrons. The van der Waals surface area contributed by atoms with Gasteiger partial charge in [0.2, 0.25) is 11.8 Å². The van der Waals surface area contributed by atoms with Crippen molar-refractivity contribution in [2.45, 2.75) is 31.8 Å². The van der Waals surface area contributed by atoms with Crippen molar-refractivity contribution in [2.24, 2.45) is 0 Å². The summed E-state index contributed by atoms with van der Waals surface area (Å²) in [5.41, 5.74) is 1.20. The lowest BCUT2D eigenvalue weighted by molar-refractivity contribution is -0.138. The number of rotatable bonds is 12. The lowest BCUT2D eigenvalue weighted by Crippen LogP contribution is -2.58. The van der Waals surface area contributed by atoms with Gasteiger partial charge in [0.15, 0.2) is 0 Å². The molecule has 4 rings (SSSR count). The van der Waals surface area contributed by atoms with Gasteiger partial charge in [-0.05, 0) is 36.1 Å². The van der Waals surface area contributed by atoms with Gasteiger partial charge >= 0.3 is 5.97 Å². The summed E-state index contributed by atoms with van der Waals surface area (Å²) in [6, 6.07) is 15.9. The lowest BCUT2D eigenvalue weighted by atomic mass is 9.96. The number of carboxylic acids is 1. The molecule has 43 heavy (non-hydrogen) atoms. The van der Waals surface area contributed by atoms with Gasteiger partial charge in [-0.1, -0.05) is 42.5 Å². The molecule has 13 nitrogen and oxygen atoms in total. The van der Waals surface area contributed by atoms with E-state index in [2.05, 4.69) is 46.7 Å². The number of nitrogens with one attached hydrogen (secondary N) is 2. The second-order valence-electron chi connectivity index (χ2n) is 10.8. The molecule has 2 amide bonds. The fourth-order valence-electron chi connectivity index (χ4n) is 5.81. The summed E-state index contributed by atoms with van der Waals surface area (Å²) in [5.74, 6) is -2.14. The van der Waals surface area contributed by atoms with Gasteiger partial charge in [-0.3, -0.25) is 24.2 Å². The molecular weight excluding hydrogens is 574 g/mol. The molecular formula is C29H39N7O6S. The SMILES string of the molecule is CC(c1cccc2ccccc12)N1CCC(N(CC(=O)NCC(=O)NCC#N)S(=O)(=O)N2CCN(CC(=O)O)CC2)CC1. The molecule has 2 aliphatic heterocycles. The van der Waals surface area contributed by atoms with Gasteiger partial charge in [-0.25, -0.2) is 0 Å². The first-order chi connectivity index (χ1) is 20.6.